The van der Waals surface area contributed by atoms with Gasteiger partial charge in [-0.3, -0.25) is 4.90 Å². The Morgan fingerprint density at radius 2 is 1.60 bits per heavy atom. The largest absolute Gasteiger partial charge is 0.478 e. The number of hydrogen-bond acceptors (Lipinski definition) is 2. The van der Waals surface area contributed by atoms with Crippen molar-refractivity contribution in [2.75, 3.05) is 13.1 Å². The Kier molecular flexibility index (Phi) is 7.81. The van der Waals surface area contributed by atoms with Crippen LogP contribution in [0.25, 0.3) is 11.1 Å². The van der Waals surface area contributed by atoms with E-state index in [1.807, 2.05) is 37.3 Å². The Hall–Kier alpha value is -2.91. The van der Waals surface area contributed by atoms with E-state index < -0.39 is 5.97 Å². The molecule has 3 rings (SSSR count). The molecule has 0 aliphatic rings. The number of carbonyl (C=O) groups is 1. The number of carboxylic acid groups (broad SMARTS) is 1. The van der Waals surface area contributed by atoms with Crippen molar-refractivity contribution in [1.29, 1.82) is 0 Å². The van der Waals surface area contributed by atoms with Crippen LogP contribution in [-0.2, 0) is 13.0 Å². The SMILES string of the molecule is CCCCN(CCc1ccccc1)Cc1ccc(C(=O)O)c(-c2ccccc2C)c1. The molecule has 0 aliphatic heterocycles. The summed E-state index contributed by atoms with van der Waals surface area (Å²) < 4.78 is 0. The van der Waals surface area contributed by atoms with Gasteiger partial charge in [-0.05, 0) is 66.3 Å². The Bertz CT molecular complexity index is 966. The van der Waals surface area contributed by atoms with Crippen molar-refractivity contribution in [3.05, 3.63) is 95.1 Å². The van der Waals surface area contributed by atoms with Crippen LogP contribution in [0.15, 0.2) is 72.8 Å². The minimum atomic E-state index is -0.883. The van der Waals surface area contributed by atoms with E-state index in [0.29, 0.717) is 5.56 Å². The summed E-state index contributed by atoms with van der Waals surface area (Å²) in [6.45, 7) is 7.11. The fourth-order valence-corrected chi connectivity index (χ4v) is 3.82. The van der Waals surface area contributed by atoms with Crippen LogP contribution in [0.2, 0.25) is 0 Å². The van der Waals surface area contributed by atoms with Crippen LogP contribution in [-0.4, -0.2) is 29.1 Å². The van der Waals surface area contributed by atoms with Crippen LogP contribution in [0, 0.1) is 6.92 Å². The molecule has 0 aliphatic carbocycles. The summed E-state index contributed by atoms with van der Waals surface area (Å²) >= 11 is 0. The Morgan fingerprint density at radius 1 is 0.867 bits per heavy atom. The lowest BCUT2D eigenvalue weighted by Crippen LogP contribution is -2.27. The summed E-state index contributed by atoms with van der Waals surface area (Å²) in [6.07, 6.45) is 3.34. The number of aryl methyl sites for hydroxylation is 1. The smallest absolute Gasteiger partial charge is 0.336 e. The van der Waals surface area contributed by atoms with Crippen molar-refractivity contribution >= 4 is 5.97 Å². The molecule has 0 heterocycles. The van der Waals surface area contributed by atoms with Gasteiger partial charge in [0.25, 0.3) is 0 Å². The summed E-state index contributed by atoms with van der Waals surface area (Å²) in [5.74, 6) is -0.883. The van der Waals surface area contributed by atoms with Gasteiger partial charge in [-0.1, -0.05) is 74.0 Å². The molecular formula is C27H31NO2. The number of nitrogens with zero attached hydrogens (tertiary/aromatic N) is 1. The normalized spacial score (nSPS) is 11.0. The first-order valence-electron chi connectivity index (χ1n) is 10.8. The van der Waals surface area contributed by atoms with Crippen LogP contribution < -0.4 is 0 Å². The van der Waals surface area contributed by atoms with E-state index in [9.17, 15) is 9.90 Å². The number of aromatic carboxylic acids is 1. The highest BCUT2D eigenvalue weighted by atomic mass is 16.4. The van der Waals surface area contributed by atoms with E-state index in [1.165, 1.54) is 5.56 Å². The highest BCUT2D eigenvalue weighted by molar-refractivity contribution is 5.96. The van der Waals surface area contributed by atoms with Gasteiger partial charge in [0.15, 0.2) is 0 Å². The average molecular weight is 402 g/mol. The van der Waals surface area contributed by atoms with Crippen LogP contribution in [0.4, 0.5) is 0 Å². The van der Waals surface area contributed by atoms with Crippen LogP contribution in [0.5, 0.6) is 0 Å². The van der Waals surface area contributed by atoms with Crippen LogP contribution in [0.3, 0.4) is 0 Å². The Balaban J connectivity index is 1.84. The molecule has 156 valence electrons. The van der Waals surface area contributed by atoms with Crippen molar-refractivity contribution < 1.29 is 9.90 Å². The van der Waals surface area contributed by atoms with Gasteiger partial charge >= 0.3 is 5.97 Å². The second kappa shape index (κ2) is 10.7. The minimum absolute atomic E-state index is 0.359. The van der Waals surface area contributed by atoms with Crippen molar-refractivity contribution in [2.24, 2.45) is 0 Å². The molecule has 30 heavy (non-hydrogen) atoms. The molecule has 0 spiro atoms. The molecule has 0 radical (unpaired) electrons. The van der Waals surface area contributed by atoms with Crippen molar-refractivity contribution in [2.45, 2.75) is 39.7 Å². The van der Waals surface area contributed by atoms with Gasteiger partial charge in [0.2, 0.25) is 0 Å². The molecular weight excluding hydrogens is 370 g/mol. The van der Waals surface area contributed by atoms with Gasteiger partial charge in [-0.2, -0.15) is 0 Å². The monoisotopic (exact) mass is 401 g/mol. The zero-order valence-electron chi connectivity index (χ0n) is 18.0. The maximum atomic E-state index is 11.8. The van der Waals surface area contributed by atoms with Crippen LogP contribution >= 0.6 is 0 Å². The number of rotatable bonds is 10. The lowest BCUT2D eigenvalue weighted by Gasteiger charge is -2.23. The Morgan fingerprint density at radius 3 is 2.30 bits per heavy atom. The molecule has 0 atom stereocenters. The van der Waals surface area contributed by atoms with Gasteiger partial charge in [-0.15, -0.1) is 0 Å². The maximum absolute atomic E-state index is 11.8. The third-order valence-electron chi connectivity index (χ3n) is 5.54. The van der Waals surface area contributed by atoms with Crippen molar-refractivity contribution in [3.8, 4) is 11.1 Å². The van der Waals surface area contributed by atoms with E-state index in [4.69, 9.17) is 0 Å². The molecule has 0 amide bonds. The summed E-state index contributed by atoms with van der Waals surface area (Å²) in [5.41, 5.74) is 5.74. The van der Waals surface area contributed by atoms with Gasteiger partial charge in [0, 0.05) is 13.1 Å². The van der Waals surface area contributed by atoms with E-state index in [-0.39, 0.29) is 0 Å². The molecule has 3 aromatic carbocycles. The molecule has 0 aromatic heterocycles. The van der Waals surface area contributed by atoms with Gasteiger partial charge < -0.3 is 5.11 Å². The number of benzene rings is 3. The molecule has 3 heteroatoms. The first kappa shape index (κ1) is 21.8. The second-order valence-corrected chi connectivity index (χ2v) is 7.87. The highest BCUT2D eigenvalue weighted by Gasteiger charge is 2.15. The van der Waals surface area contributed by atoms with Gasteiger partial charge in [0.1, 0.15) is 0 Å². The number of hydrogen-bond donors (Lipinski definition) is 1. The minimum Gasteiger partial charge on any atom is -0.478 e. The molecule has 0 saturated heterocycles. The summed E-state index contributed by atoms with van der Waals surface area (Å²) in [6, 6.07) is 24.4. The fraction of sp³-hybridized carbons (Fsp3) is 0.296. The van der Waals surface area contributed by atoms with Gasteiger partial charge in [0.05, 0.1) is 5.56 Å². The molecule has 0 saturated carbocycles. The van der Waals surface area contributed by atoms with Gasteiger partial charge in [-0.25, -0.2) is 4.79 Å². The molecule has 3 nitrogen and oxygen atoms in total. The van der Waals surface area contributed by atoms with E-state index in [2.05, 4.69) is 48.2 Å². The summed E-state index contributed by atoms with van der Waals surface area (Å²) in [5, 5.41) is 9.71. The van der Waals surface area contributed by atoms with E-state index >= 15 is 0 Å². The molecule has 0 bridgehead atoms. The highest BCUT2D eigenvalue weighted by Crippen LogP contribution is 2.28. The molecule has 3 aromatic rings. The predicted octanol–water partition coefficient (Wildman–Crippen LogP) is 6.21. The fourth-order valence-electron chi connectivity index (χ4n) is 3.82. The third-order valence-corrected chi connectivity index (χ3v) is 5.54. The summed E-state index contributed by atoms with van der Waals surface area (Å²) in [4.78, 5) is 14.3. The lowest BCUT2D eigenvalue weighted by molar-refractivity contribution is 0.0697. The lowest BCUT2D eigenvalue weighted by atomic mass is 9.94. The summed E-state index contributed by atoms with van der Waals surface area (Å²) in [7, 11) is 0. The zero-order chi connectivity index (χ0) is 21.3. The third kappa shape index (κ3) is 5.80. The van der Waals surface area contributed by atoms with Crippen molar-refractivity contribution in [3.63, 3.8) is 0 Å². The van der Waals surface area contributed by atoms with E-state index in [1.54, 1.807) is 6.07 Å². The topological polar surface area (TPSA) is 40.5 Å². The molecule has 0 unspecified atom stereocenters. The molecule has 1 N–H and O–H groups in total. The Labute approximate surface area is 180 Å². The average Bonchev–Trinajstić information content (AvgIpc) is 2.76. The predicted molar refractivity (Wildman–Crippen MR) is 124 cm³/mol. The quantitative estimate of drug-likeness (QED) is 0.439. The zero-order valence-corrected chi connectivity index (χ0v) is 18.0. The number of unbranched alkanes of at least 4 members (excludes halogenated alkanes) is 1. The van der Waals surface area contributed by atoms with Crippen molar-refractivity contribution in [1.82, 2.24) is 4.90 Å². The first-order valence-corrected chi connectivity index (χ1v) is 10.8. The maximum Gasteiger partial charge on any atom is 0.336 e. The van der Waals surface area contributed by atoms with Crippen LogP contribution in [0.1, 0.15) is 46.8 Å². The first-order chi connectivity index (χ1) is 14.6. The molecule has 0 fully saturated rings. The standard InChI is InChI=1S/C27H31NO2/c1-3-4-17-28(18-16-22-11-6-5-7-12-22)20-23-14-15-25(27(29)30)26(19-23)24-13-9-8-10-21(24)2/h5-15,19H,3-4,16-18,20H2,1-2H3,(H,29,30). The second-order valence-electron chi connectivity index (χ2n) is 7.87. The van der Waals surface area contributed by atoms with E-state index in [0.717, 1.165) is 61.2 Å². The number of carboxylic acids is 1.